The average Bonchev–Trinajstić information content (AvgIpc) is 2.87. The van der Waals surface area contributed by atoms with Crippen LogP contribution >= 0.6 is 67.8 Å². The highest BCUT2D eigenvalue weighted by atomic mass is 127. The summed E-state index contributed by atoms with van der Waals surface area (Å²) in [6.07, 6.45) is 11.1. The molecule has 26 heavy (non-hydrogen) atoms. The van der Waals surface area contributed by atoms with Gasteiger partial charge in [0.05, 0.1) is 5.60 Å². The highest BCUT2D eigenvalue weighted by Gasteiger charge is 2.51. The summed E-state index contributed by atoms with van der Waals surface area (Å²) in [6.45, 7) is 10.6. The molecule has 0 heterocycles. The first kappa shape index (κ1) is 22.8. The summed E-state index contributed by atoms with van der Waals surface area (Å²) in [5, 5.41) is 0. The van der Waals surface area contributed by atoms with E-state index in [1.54, 1.807) is 0 Å². The molecular weight excluding hydrogens is 661 g/mol. The lowest BCUT2D eigenvalue weighted by molar-refractivity contribution is -0.0537. The zero-order valence-corrected chi connectivity index (χ0v) is 23.4. The summed E-state index contributed by atoms with van der Waals surface area (Å²) < 4.78 is 8.53. The normalized spacial score (nSPS) is 53.0. The van der Waals surface area contributed by atoms with Gasteiger partial charge in [-0.15, -0.1) is 0 Å². The van der Waals surface area contributed by atoms with E-state index in [2.05, 4.69) is 95.5 Å². The molecule has 9 atom stereocenters. The van der Waals surface area contributed by atoms with Crippen molar-refractivity contribution in [2.75, 3.05) is 6.61 Å². The Bertz CT molecular complexity index is 486. The van der Waals surface area contributed by atoms with Gasteiger partial charge in [-0.2, -0.15) is 0 Å². The molecule has 152 valence electrons. The number of rotatable bonds is 2. The molecule has 0 amide bonds. The number of alkyl halides is 3. The van der Waals surface area contributed by atoms with Crippen molar-refractivity contribution in [2.45, 2.75) is 95.9 Å². The second-order valence-corrected chi connectivity index (χ2v) is 14.9. The van der Waals surface area contributed by atoms with Crippen LogP contribution in [0.3, 0.4) is 0 Å². The van der Waals surface area contributed by atoms with Crippen LogP contribution in [0.15, 0.2) is 0 Å². The van der Waals surface area contributed by atoms with Crippen molar-refractivity contribution in [3.05, 3.63) is 0 Å². The Balaban J connectivity index is 1.97. The number of halogens is 3. The van der Waals surface area contributed by atoms with E-state index in [1.807, 2.05) is 0 Å². The van der Waals surface area contributed by atoms with Crippen LogP contribution in [0.5, 0.6) is 0 Å². The van der Waals surface area contributed by atoms with Crippen LogP contribution in [0, 0.1) is 29.6 Å². The smallest absolute Gasteiger partial charge is 0.0657 e. The third-order valence-electron chi connectivity index (χ3n) is 7.93. The fourth-order valence-corrected chi connectivity index (χ4v) is 10.8. The van der Waals surface area contributed by atoms with Crippen LogP contribution in [0.2, 0.25) is 0 Å². The van der Waals surface area contributed by atoms with Gasteiger partial charge in [0.25, 0.3) is 0 Å². The molecule has 3 fully saturated rings. The van der Waals surface area contributed by atoms with Gasteiger partial charge < -0.3 is 4.74 Å². The van der Waals surface area contributed by atoms with Crippen molar-refractivity contribution in [2.24, 2.45) is 29.6 Å². The molecule has 3 aliphatic rings. The van der Waals surface area contributed by atoms with Crippen LogP contribution in [0.1, 0.15) is 79.1 Å². The van der Waals surface area contributed by atoms with Gasteiger partial charge in [-0.25, -0.2) is 0 Å². The minimum absolute atomic E-state index is 0.0876. The SMILES string of the molecule is CCOC1(C)CCCC2CC3(I)CCC(C)C3CC(C)C(C1)C(I)C2I. The van der Waals surface area contributed by atoms with Crippen LogP contribution in [0.25, 0.3) is 0 Å². The van der Waals surface area contributed by atoms with Crippen LogP contribution in [-0.2, 0) is 4.74 Å². The first-order chi connectivity index (χ1) is 12.2. The van der Waals surface area contributed by atoms with E-state index in [1.165, 1.54) is 51.4 Å². The van der Waals surface area contributed by atoms with Gasteiger partial charge in [0.15, 0.2) is 0 Å². The Morgan fingerprint density at radius 2 is 1.73 bits per heavy atom. The van der Waals surface area contributed by atoms with E-state index in [-0.39, 0.29) is 5.60 Å². The van der Waals surface area contributed by atoms with E-state index in [0.29, 0.717) is 3.42 Å². The molecule has 0 N–H and O–H groups in total. The van der Waals surface area contributed by atoms with Crippen molar-refractivity contribution in [1.29, 1.82) is 0 Å². The third-order valence-corrected chi connectivity index (χ3v) is 14.6. The second-order valence-electron chi connectivity index (χ2n) is 9.87. The largest absolute Gasteiger partial charge is 0.376 e. The average molecular weight is 698 g/mol. The van der Waals surface area contributed by atoms with Crippen LogP contribution in [-0.4, -0.2) is 23.5 Å². The topological polar surface area (TPSA) is 9.23 Å². The maximum absolute atomic E-state index is 6.38. The Hall–Kier alpha value is 2.15. The van der Waals surface area contributed by atoms with Gasteiger partial charge >= 0.3 is 0 Å². The first-order valence-electron chi connectivity index (χ1n) is 10.8. The summed E-state index contributed by atoms with van der Waals surface area (Å²) in [5.74, 6) is 4.33. The minimum atomic E-state index is 0.0876. The van der Waals surface area contributed by atoms with Crippen molar-refractivity contribution in [1.82, 2.24) is 0 Å². The molecule has 4 heteroatoms. The monoisotopic (exact) mass is 698 g/mol. The van der Waals surface area contributed by atoms with Gasteiger partial charge in [0.2, 0.25) is 0 Å². The molecule has 3 rings (SSSR count). The number of ether oxygens (including phenoxy) is 1. The van der Waals surface area contributed by atoms with Gasteiger partial charge in [0.1, 0.15) is 0 Å². The number of hydrogen-bond acceptors (Lipinski definition) is 1. The predicted molar refractivity (Wildman–Crippen MR) is 138 cm³/mol. The van der Waals surface area contributed by atoms with Gasteiger partial charge in [0, 0.05) is 17.9 Å². The predicted octanol–water partition coefficient (Wildman–Crippen LogP) is 7.85. The zero-order chi connectivity index (χ0) is 19.1. The van der Waals surface area contributed by atoms with Crippen molar-refractivity contribution >= 4 is 67.8 Å². The molecule has 2 bridgehead atoms. The Kier molecular flexibility index (Phi) is 8.00. The summed E-state index contributed by atoms with van der Waals surface area (Å²) >= 11 is 8.62. The molecule has 3 aliphatic carbocycles. The molecule has 0 aromatic carbocycles. The van der Waals surface area contributed by atoms with Crippen LogP contribution in [0.4, 0.5) is 0 Å². The van der Waals surface area contributed by atoms with E-state index >= 15 is 0 Å². The first-order valence-corrected chi connectivity index (χ1v) is 14.4. The van der Waals surface area contributed by atoms with E-state index in [0.717, 1.165) is 44.0 Å². The fraction of sp³-hybridized carbons (Fsp3) is 1.00. The summed E-state index contributed by atoms with van der Waals surface area (Å²) in [4.78, 5) is 0. The van der Waals surface area contributed by atoms with Gasteiger partial charge in [-0.1, -0.05) is 88.0 Å². The Labute approximate surface area is 202 Å². The highest BCUT2D eigenvalue weighted by Crippen LogP contribution is 2.57. The standard InChI is InChI=1S/C22H37I3O/c1-5-26-21(4)9-6-7-16-12-22(25)10-8-14(2)18(22)11-15(3)17(13-21)20(24)19(16)23/h14-20H,5-13H2,1-4H3. The number of hydrogen-bond donors (Lipinski definition) is 0. The van der Waals surface area contributed by atoms with Crippen molar-refractivity contribution in [3.8, 4) is 0 Å². The van der Waals surface area contributed by atoms with E-state index in [9.17, 15) is 0 Å². The van der Waals surface area contributed by atoms with Crippen LogP contribution < -0.4 is 0 Å². The van der Waals surface area contributed by atoms with E-state index < -0.39 is 0 Å². The van der Waals surface area contributed by atoms with Crippen molar-refractivity contribution < 1.29 is 4.74 Å². The fourth-order valence-electron chi connectivity index (χ4n) is 6.39. The third kappa shape index (κ3) is 4.73. The molecule has 0 aliphatic heterocycles. The summed E-state index contributed by atoms with van der Waals surface area (Å²) in [7, 11) is 0. The molecule has 0 spiro atoms. The zero-order valence-electron chi connectivity index (χ0n) is 16.9. The maximum Gasteiger partial charge on any atom is 0.0657 e. The molecule has 9 unspecified atom stereocenters. The maximum atomic E-state index is 6.38. The minimum Gasteiger partial charge on any atom is -0.376 e. The second kappa shape index (κ2) is 9.11. The molecule has 0 radical (unpaired) electrons. The molecule has 1 nitrogen and oxygen atoms in total. The Morgan fingerprint density at radius 3 is 2.42 bits per heavy atom. The van der Waals surface area contributed by atoms with Gasteiger partial charge in [-0.05, 0) is 88.4 Å². The highest BCUT2D eigenvalue weighted by molar-refractivity contribution is 14.1. The number of fused-ring (bicyclic) bond motifs is 4. The summed E-state index contributed by atoms with van der Waals surface area (Å²) in [5.41, 5.74) is 0.0876. The Morgan fingerprint density at radius 1 is 1.00 bits per heavy atom. The van der Waals surface area contributed by atoms with Crippen molar-refractivity contribution in [3.63, 3.8) is 0 Å². The molecule has 3 saturated carbocycles. The van der Waals surface area contributed by atoms with Gasteiger partial charge in [-0.3, -0.25) is 0 Å². The lowest BCUT2D eigenvalue weighted by Crippen LogP contribution is -2.39. The lowest BCUT2D eigenvalue weighted by atomic mass is 9.74. The molecule has 0 aromatic rings. The lowest BCUT2D eigenvalue weighted by Gasteiger charge is -2.39. The summed E-state index contributed by atoms with van der Waals surface area (Å²) in [6, 6.07) is 0. The molecular formula is C22H37I3O. The molecule has 0 aromatic heterocycles. The van der Waals surface area contributed by atoms with E-state index in [4.69, 9.17) is 4.74 Å². The molecule has 0 saturated heterocycles. The quantitative estimate of drug-likeness (QED) is 0.211.